The zero-order valence-electron chi connectivity index (χ0n) is 11.5. The number of rotatable bonds is 4. The summed E-state index contributed by atoms with van der Waals surface area (Å²) >= 11 is 3.47. The first-order valence-corrected chi connectivity index (χ1v) is 9.76. The summed E-state index contributed by atoms with van der Waals surface area (Å²) in [5.74, 6) is 0. The maximum absolute atomic E-state index is 6.18. The summed E-state index contributed by atoms with van der Waals surface area (Å²) in [7, 11) is -1.01. The lowest BCUT2D eigenvalue weighted by molar-refractivity contribution is 0.147. The van der Waals surface area contributed by atoms with E-state index in [0.29, 0.717) is 5.41 Å². The van der Waals surface area contributed by atoms with Gasteiger partial charge in [0.25, 0.3) is 0 Å². The first-order valence-electron chi connectivity index (χ1n) is 6.19. The Hall–Kier alpha value is -0.123. The van der Waals surface area contributed by atoms with Crippen LogP contribution in [-0.2, 0) is 4.43 Å². The van der Waals surface area contributed by atoms with Gasteiger partial charge in [-0.3, -0.25) is 0 Å². The van der Waals surface area contributed by atoms with Crippen molar-refractivity contribution in [2.75, 3.05) is 0 Å². The molecule has 0 aromatic heterocycles. The van der Waals surface area contributed by atoms with Crippen molar-refractivity contribution >= 4 is 25.0 Å². The van der Waals surface area contributed by atoms with Gasteiger partial charge in [-0.2, -0.15) is 0 Å². The van der Waals surface area contributed by atoms with Crippen LogP contribution in [0.4, 0.5) is 0 Å². The van der Waals surface area contributed by atoms with Crippen LogP contribution in [0.5, 0.6) is 0 Å². The predicted molar refractivity (Wildman–Crippen MR) is 80.9 cm³/mol. The minimum atomic E-state index is -1.01. The van der Waals surface area contributed by atoms with Gasteiger partial charge >= 0.3 is 0 Å². The van der Waals surface area contributed by atoms with Gasteiger partial charge < -0.3 is 4.43 Å². The van der Waals surface area contributed by atoms with E-state index in [-0.39, 0.29) is 6.10 Å². The van der Waals surface area contributed by atoms with Gasteiger partial charge in [0.2, 0.25) is 0 Å². The van der Waals surface area contributed by atoms with Crippen LogP contribution in [0, 0.1) is 5.41 Å². The van der Waals surface area contributed by atoms with Crippen molar-refractivity contribution in [2.24, 2.45) is 5.41 Å². The van der Waals surface area contributed by atoms with E-state index in [1.807, 2.05) is 0 Å². The molecule has 1 aromatic rings. The predicted octanol–water partition coefficient (Wildman–Crippen LogP) is 4.93. The smallest absolute Gasteiger partial charge is 0.171 e. The van der Waals surface area contributed by atoms with Crippen LogP contribution in [-0.4, -0.2) is 9.04 Å². The Morgan fingerprint density at radius 2 is 1.71 bits per heavy atom. The molecule has 0 saturated heterocycles. The SMILES string of the molecule is C[SiH](C)OC(CC(C)(C)C)c1ccc(Br)cc1. The summed E-state index contributed by atoms with van der Waals surface area (Å²) in [6, 6.07) is 8.51. The standard InChI is InChI=1S/C14H23BrOSi/c1-14(2,3)10-13(16-17(4)5)11-6-8-12(15)9-7-11/h6-9,13,17H,10H2,1-5H3. The van der Waals surface area contributed by atoms with Gasteiger partial charge in [-0.1, -0.05) is 48.8 Å². The molecule has 0 N–H and O–H groups in total. The van der Waals surface area contributed by atoms with Crippen molar-refractivity contribution in [2.45, 2.75) is 46.4 Å². The number of halogens is 1. The monoisotopic (exact) mass is 314 g/mol. The zero-order chi connectivity index (χ0) is 13.1. The lowest BCUT2D eigenvalue weighted by Gasteiger charge is -2.28. The Morgan fingerprint density at radius 1 is 1.18 bits per heavy atom. The van der Waals surface area contributed by atoms with Gasteiger partial charge in [-0.05, 0) is 42.6 Å². The highest BCUT2D eigenvalue weighted by Gasteiger charge is 2.21. The summed E-state index contributed by atoms with van der Waals surface area (Å²) in [6.07, 6.45) is 1.31. The molecular formula is C14H23BrOSi. The molecule has 0 heterocycles. The Morgan fingerprint density at radius 3 is 2.12 bits per heavy atom. The fraction of sp³-hybridized carbons (Fsp3) is 0.571. The topological polar surface area (TPSA) is 9.23 Å². The average Bonchev–Trinajstić information content (AvgIpc) is 2.14. The fourth-order valence-electron chi connectivity index (χ4n) is 1.81. The molecule has 0 radical (unpaired) electrons. The van der Waals surface area contributed by atoms with Gasteiger partial charge in [0.05, 0.1) is 6.10 Å². The summed E-state index contributed by atoms with van der Waals surface area (Å²) in [6.45, 7) is 11.3. The van der Waals surface area contributed by atoms with Crippen LogP contribution in [0.1, 0.15) is 38.9 Å². The van der Waals surface area contributed by atoms with E-state index in [1.54, 1.807) is 0 Å². The molecule has 1 nitrogen and oxygen atoms in total. The molecule has 1 atom stereocenters. The van der Waals surface area contributed by atoms with Crippen molar-refractivity contribution < 1.29 is 4.43 Å². The quantitative estimate of drug-likeness (QED) is 0.716. The van der Waals surface area contributed by atoms with Crippen LogP contribution in [0.25, 0.3) is 0 Å². The van der Waals surface area contributed by atoms with Gasteiger partial charge in [0.1, 0.15) is 0 Å². The Labute approximate surface area is 115 Å². The third-order valence-electron chi connectivity index (χ3n) is 2.48. The molecule has 1 unspecified atom stereocenters. The highest BCUT2D eigenvalue weighted by Crippen LogP contribution is 2.33. The lowest BCUT2D eigenvalue weighted by Crippen LogP contribution is -2.19. The Bertz CT molecular complexity index is 340. The van der Waals surface area contributed by atoms with Crippen LogP contribution < -0.4 is 0 Å². The van der Waals surface area contributed by atoms with Crippen LogP contribution in [0.2, 0.25) is 13.1 Å². The van der Waals surface area contributed by atoms with Gasteiger partial charge in [0, 0.05) is 4.47 Å². The van der Waals surface area contributed by atoms with Gasteiger partial charge in [-0.25, -0.2) is 0 Å². The third-order valence-corrected chi connectivity index (χ3v) is 3.88. The molecule has 17 heavy (non-hydrogen) atoms. The van der Waals surface area contributed by atoms with Crippen molar-refractivity contribution in [3.05, 3.63) is 34.3 Å². The largest absolute Gasteiger partial charge is 0.414 e. The van der Waals surface area contributed by atoms with E-state index in [2.05, 4.69) is 74.1 Å². The first-order chi connectivity index (χ1) is 7.78. The van der Waals surface area contributed by atoms with Gasteiger partial charge in [0.15, 0.2) is 9.04 Å². The summed E-state index contributed by atoms with van der Waals surface area (Å²) in [5.41, 5.74) is 1.59. The molecule has 0 amide bonds. The zero-order valence-corrected chi connectivity index (χ0v) is 14.2. The normalized spacial score (nSPS) is 14.1. The van der Waals surface area contributed by atoms with Crippen molar-refractivity contribution in [1.82, 2.24) is 0 Å². The van der Waals surface area contributed by atoms with Crippen molar-refractivity contribution in [3.63, 3.8) is 0 Å². The molecule has 0 aliphatic heterocycles. The first kappa shape index (κ1) is 14.9. The molecule has 0 aliphatic rings. The fourth-order valence-corrected chi connectivity index (χ4v) is 2.98. The van der Waals surface area contributed by atoms with E-state index in [1.165, 1.54) is 5.56 Å². The van der Waals surface area contributed by atoms with Gasteiger partial charge in [-0.15, -0.1) is 0 Å². The highest BCUT2D eigenvalue weighted by molar-refractivity contribution is 9.10. The molecule has 96 valence electrons. The highest BCUT2D eigenvalue weighted by atomic mass is 79.9. The molecule has 0 bridgehead atoms. The van der Waals surface area contributed by atoms with E-state index in [0.717, 1.165) is 10.9 Å². The van der Waals surface area contributed by atoms with Crippen molar-refractivity contribution in [1.29, 1.82) is 0 Å². The molecule has 0 spiro atoms. The van der Waals surface area contributed by atoms with E-state index >= 15 is 0 Å². The molecule has 0 aliphatic carbocycles. The van der Waals surface area contributed by atoms with Crippen LogP contribution in [0.3, 0.4) is 0 Å². The van der Waals surface area contributed by atoms with E-state index < -0.39 is 9.04 Å². The number of benzene rings is 1. The number of hydrogen-bond donors (Lipinski definition) is 0. The summed E-state index contributed by atoms with van der Waals surface area (Å²) in [5, 5.41) is 0. The van der Waals surface area contributed by atoms with E-state index in [9.17, 15) is 0 Å². The molecule has 0 saturated carbocycles. The second-order valence-corrected chi connectivity index (χ2v) is 9.28. The van der Waals surface area contributed by atoms with Crippen LogP contribution in [0.15, 0.2) is 28.7 Å². The molecule has 0 fully saturated rings. The maximum atomic E-state index is 6.18. The van der Waals surface area contributed by atoms with Crippen LogP contribution >= 0.6 is 15.9 Å². The summed E-state index contributed by atoms with van der Waals surface area (Å²) < 4.78 is 7.30. The third kappa shape index (κ3) is 5.84. The number of hydrogen-bond acceptors (Lipinski definition) is 1. The Kier molecular flexibility index (Phi) is 5.42. The molecule has 1 aromatic carbocycles. The molecule has 3 heteroatoms. The maximum Gasteiger partial charge on any atom is 0.171 e. The molecule has 1 rings (SSSR count). The molecular weight excluding hydrogens is 292 g/mol. The Balaban J connectivity index is 2.85. The minimum Gasteiger partial charge on any atom is -0.414 e. The second-order valence-electron chi connectivity index (χ2n) is 5.99. The summed E-state index contributed by atoms with van der Waals surface area (Å²) in [4.78, 5) is 0. The average molecular weight is 315 g/mol. The van der Waals surface area contributed by atoms with Crippen molar-refractivity contribution in [3.8, 4) is 0 Å². The van der Waals surface area contributed by atoms with E-state index in [4.69, 9.17) is 4.43 Å². The minimum absolute atomic E-state index is 0.245. The second kappa shape index (κ2) is 6.16. The lowest BCUT2D eigenvalue weighted by atomic mass is 9.87.